The lowest BCUT2D eigenvalue weighted by molar-refractivity contribution is 0.0956. The molecule has 1 amide bonds. The fourth-order valence-corrected chi connectivity index (χ4v) is 1.90. The zero-order valence-electron chi connectivity index (χ0n) is 11.2. The molecule has 0 aliphatic carbocycles. The fourth-order valence-electron chi connectivity index (χ4n) is 1.38. The molecule has 0 aliphatic heterocycles. The zero-order chi connectivity index (χ0) is 13.8. The number of halogens is 1. The average Bonchev–Trinajstić information content (AvgIpc) is 2.27. The number of carbonyl (C=O) groups excluding carboxylic acids is 1. The number of hydrogen-bond acceptors (Lipinski definition) is 3. The number of hydrogen-bond donors (Lipinski definition) is 1. The molecule has 1 aromatic heterocycles. The normalized spacial score (nSPS) is 11.4. The van der Waals surface area contributed by atoms with Gasteiger partial charge >= 0.3 is 0 Å². The second kappa shape index (κ2) is 6.43. The Balaban J connectivity index is 2.89. The highest BCUT2D eigenvalue weighted by Crippen LogP contribution is 2.23. The molecule has 1 aromatic rings. The SMILES string of the molecule is CSCCNC(=O)c1cc(Cl)nc(C(C)(C)C)c1. The molecule has 0 saturated carbocycles. The van der Waals surface area contributed by atoms with Gasteiger partial charge in [0.1, 0.15) is 5.15 Å². The number of amides is 1. The second-order valence-electron chi connectivity index (χ2n) is 5.06. The first-order valence-electron chi connectivity index (χ1n) is 5.80. The molecule has 0 radical (unpaired) electrons. The molecular formula is C13H19ClN2OS. The molecule has 0 aromatic carbocycles. The Morgan fingerprint density at radius 1 is 1.44 bits per heavy atom. The van der Waals surface area contributed by atoms with Crippen LogP contribution in [0.15, 0.2) is 12.1 Å². The Labute approximate surface area is 118 Å². The first-order valence-corrected chi connectivity index (χ1v) is 7.57. The highest BCUT2D eigenvalue weighted by atomic mass is 35.5. The summed E-state index contributed by atoms with van der Waals surface area (Å²) in [6, 6.07) is 3.41. The third-order valence-corrected chi connectivity index (χ3v) is 3.22. The third-order valence-electron chi connectivity index (χ3n) is 2.42. The maximum Gasteiger partial charge on any atom is 0.251 e. The van der Waals surface area contributed by atoms with Crippen LogP contribution in [0.3, 0.4) is 0 Å². The van der Waals surface area contributed by atoms with Crippen molar-refractivity contribution in [2.24, 2.45) is 0 Å². The monoisotopic (exact) mass is 286 g/mol. The van der Waals surface area contributed by atoms with Crippen LogP contribution in [0.25, 0.3) is 0 Å². The maximum absolute atomic E-state index is 11.9. The molecule has 0 aliphatic rings. The molecule has 0 saturated heterocycles. The number of thioether (sulfide) groups is 1. The molecule has 0 spiro atoms. The van der Waals surface area contributed by atoms with E-state index in [2.05, 4.69) is 10.3 Å². The molecule has 18 heavy (non-hydrogen) atoms. The average molecular weight is 287 g/mol. The summed E-state index contributed by atoms with van der Waals surface area (Å²) in [4.78, 5) is 16.2. The highest BCUT2D eigenvalue weighted by molar-refractivity contribution is 7.98. The van der Waals surface area contributed by atoms with E-state index in [1.165, 1.54) is 0 Å². The van der Waals surface area contributed by atoms with Gasteiger partial charge in [-0.3, -0.25) is 4.79 Å². The number of nitrogens with one attached hydrogen (secondary N) is 1. The topological polar surface area (TPSA) is 42.0 Å². The van der Waals surface area contributed by atoms with Gasteiger partial charge in [-0.1, -0.05) is 32.4 Å². The minimum Gasteiger partial charge on any atom is -0.351 e. The molecule has 1 rings (SSSR count). The van der Waals surface area contributed by atoms with Crippen LogP contribution in [0.4, 0.5) is 0 Å². The van der Waals surface area contributed by atoms with E-state index in [0.717, 1.165) is 11.4 Å². The summed E-state index contributed by atoms with van der Waals surface area (Å²) in [5.41, 5.74) is 1.27. The van der Waals surface area contributed by atoms with Gasteiger partial charge in [0.25, 0.3) is 5.91 Å². The van der Waals surface area contributed by atoms with E-state index in [-0.39, 0.29) is 11.3 Å². The predicted molar refractivity (Wildman–Crippen MR) is 78.7 cm³/mol. The summed E-state index contributed by atoms with van der Waals surface area (Å²) in [6.07, 6.45) is 2.01. The first-order chi connectivity index (χ1) is 8.34. The van der Waals surface area contributed by atoms with Crippen LogP contribution in [0.1, 0.15) is 36.8 Å². The molecule has 0 bridgehead atoms. The second-order valence-corrected chi connectivity index (χ2v) is 6.44. The van der Waals surface area contributed by atoms with Gasteiger partial charge in [-0.15, -0.1) is 0 Å². The van der Waals surface area contributed by atoms with Gasteiger partial charge < -0.3 is 5.32 Å². The van der Waals surface area contributed by atoms with Crippen molar-refractivity contribution in [3.63, 3.8) is 0 Å². The Morgan fingerprint density at radius 3 is 2.67 bits per heavy atom. The summed E-state index contributed by atoms with van der Waals surface area (Å²) in [6.45, 7) is 6.79. The molecule has 100 valence electrons. The minimum absolute atomic E-state index is 0.0983. The largest absolute Gasteiger partial charge is 0.351 e. The number of aromatic nitrogens is 1. The van der Waals surface area contributed by atoms with Gasteiger partial charge in [0, 0.05) is 29.0 Å². The van der Waals surface area contributed by atoms with E-state index in [1.54, 1.807) is 23.9 Å². The van der Waals surface area contributed by atoms with Crippen molar-refractivity contribution in [2.75, 3.05) is 18.6 Å². The molecule has 0 unspecified atom stereocenters. The smallest absolute Gasteiger partial charge is 0.251 e. The molecule has 0 atom stereocenters. The zero-order valence-corrected chi connectivity index (χ0v) is 12.8. The minimum atomic E-state index is -0.126. The Hall–Kier alpha value is -0.740. The number of nitrogens with zero attached hydrogens (tertiary/aromatic N) is 1. The van der Waals surface area contributed by atoms with E-state index in [9.17, 15) is 4.79 Å². The van der Waals surface area contributed by atoms with Gasteiger partial charge in [-0.2, -0.15) is 11.8 Å². The molecular weight excluding hydrogens is 268 g/mol. The van der Waals surface area contributed by atoms with Crippen molar-refractivity contribution >= 4 is 29.3 Å². The van der Waals surface area contributed by atoms with Gasteiger partial charge in [0.2, 0.25) is 0 Å². The van der Waals surface area contributed by atoms with E-state index in [1.807, 2.05) is 27.0 Å². The van der Waals surface area contributed by atoms with Gasteiger partial charge in [0.05, 0.1) is 0 Å². The predicted octanol–water partition coefficient (Wildman–Crippen LogP) is 3.13. The van der Waals surface area contributed by atoms with Crippen molar-refractivity contribution in [2.45, 2.75) is 26.2 Å². The van der Waals surface area contributed by atoms with Crippen LogP contribution in [-0.4, -0.2) is 29.4 Å². The number of rotatable bonds is 4. The standard InChI is InChI=1S/C13H19ClN2OS/c1-13(2,3)10-7-9(8-11(14)16-10)12(17)15-5-6-18-4/h7-8H,5-6H2,1-4H3,(H,15,17). The van der Waals surface area contributed by atoms with Gasteiger partial charge in [-0.25, -0.2) is 4.98 Å². The first kappa shape index (κ1) is 15.3. The Kier molecular flexibility index (Phi) is 5.47. The molecule has 1 N–H and O–H groups in total. The number of pyridine rings is 1. The molecule has 1 heterocycles. The van der Waals surface area contributed by atoms with E-state index < -0.39 is 0 Å². The van der Waals surface area contributed by atoms with E-state index >= 15 is 0 Å². The van der Waals surface area contributed by atoms with Crippen LogP contribution in [-0.2, 0) is 5.41 Å². The quantitative estimate of drug-likeness (QED) is 0.683. The van der Waals surface area contributed by atoms with Crippen molar-refractivity contribution in [3.8, 4) is 0 Å². The maximum atomic E-state index is 11.9. The van der Waals surface area contributed by atoms with Crippen LogP contribution in [0, 0.1) is 0 Å². The molecule has 3 nitrogen and oxygen atoms in total. The third kappa shape index (κ3) is 4.50. The lowest BCUT2D eigenvalue weighted by Gasteiger charge is -2.18. The van der Waals surface area contributed by atoms with Crippen molar-refractivity contribution < 1.29 is 4.79 Å². The van der Waals surface area contributed by atoms with Crippen LogP contribution < -0.4 is 5.32 Å². The molecule has 5 heteroatoms. The summed E-state index contributed by atoms with van der Waals surface area (Å²) >= 11 is 7.66. The summed E-state index contributed by atoms with van der Waals surface area (Å²) in [7, 11) is 0. The van der Waals surface area contributed by atoms with E-state index in [0.29, 0.717) is 17.3 Å². The van der Waals surface area contributed by atoms with Crippen molar-refractivity contribution in [1.29, 1.82) is 0 Å². The van der Waals surface area contributed by atoms with Crippen LogP contribution >= 0.6 is 23.4 Å². The Morgan fingerprint density at radius 2 is 2.11 bits per heavy atom. The van der Waals surface area contributed by atoms with Gasteiger partial charge in [-0.05, 0) is 18.4 Å². The van der Waals surface area contributed by atoms with Gasteiger partial charge in [0.15, 0.2) is 0 Å². The fraction of sp³-hybridized carbons (Fsp3) is 0.538. The highest BCUT2D eigenvalue weighted by Gasteiger charge is 2.18. The number of carbonyl (C=O) groups is 1. The Bertz CT molecular complexity index is 429. The van der Waals surface area contributed by atoms with Crippen molar-refractivity contribution in [3.05, 3.63) is 28.5 Å². The summed E-state index contributed by atoms with van der Waals surface area (Å²) in [5.74, 6) is 0.801. The van der Waals surface area contributed by atoms with E-state index in [4.69, 9.17) is 11.6 Å². The lowest BCUT2D eigenvalue weighted by Crippen LogP contribution is -2.26. The van der Waals surface area contributed by atoms with Crippen LogP contribution in [0.2, 0.25) is 5.15 Å². The lowest BCUT2D eigenvalue weighted by atomic mass is 9.91. The summed E-state index contributed by atoms with van der Waals surface area (Å²) < 4.78 is 0. The van der Waals surface area contributed by atoms with Crippen LogP contribution in [0.5, 0.6) is 0 Å². The van der Waals surface area contributed by atoms with Crippen molar-refractivity contribution in [1.82, 2.24) is 10.3 Å². The molecule has 0 fully saturated rings. The summed E-state index contributed by atoms with van der Waals surface area (Å²) in [5, 5.41) is 3.22.